The highest BCUT2D eigenvalue weighted by molar-refractivity contribution is 5.94. The van der Waals surface area contributed by atoms with Crippen molar-refractivity contribution in [3.8, 4) is 5.75 Å². The first-order valence-corrected chi connectivity index (χ1v) is 11.5. The van der Waals surface area contributed by atoms with E-state index in [1.807, 2.05) is 30.3 Å². The molecule has 166 valence electrons. The molecule has 0 bridgehead atoms. The van der Waals surface area contributed by atoms with Crippen molar-refractivity contribution >= 4 is 5.91 Å². The average molecular weight is 429 g/mol. The van der Waals surface area contributed by atoms with Gasteiger partial charge >= 0.3 is 0 Å². The van der Waals surface area contributed by atoms with Crippen LogP contribution in [-0.4, -0.2) is 30.5 Å². The summed E-state index contributed by atoms with van der Waals surface area (Å²) in [6.07, 6.45) is 1.10. The number of amides is 1. The van der Waals surface area contributed by atoms with E-state index in [0.29, 0.717) is 24.6 Å². The lowest BCUT2D eigenvalue weighted by Gasteiger charge is -2.28. The highest BCUT2D eigenvalue weighted by Crippen LogP contribution is 2.25. The summed E-state index contributed by atoms with van der Waals surface area (Å²) in [5.74, 6) is 1.23. The Morgan fingerprint density at radius 3 is 2.47 bits per heavy atom. The van der Waals surface area contributed by atoms with Crippen molar-refractivity contribution in [2.45, 2.75) is 39.3 Å². The van der Waals surface area contributed by atoms with E-state index in [1.165, 1.54) is 22.3 Å². The molecule has 3 aromatic rings. The molecule has 0 atom stereocenters. The molecule has 1 aliphatic rings. The number of ether oxygens (including phenoxy) is 1. The number of carbonyl (C=O) groups is 1. The summed E-state index contributed by atoms with van der Waals surface area (Å²) in [5, 5.41) is 2.96. The first-order chi connectivity index (χ1) is 15.6. The van der Waals surface area contributed by atoms with Gasteiger partial charge in [0.05, 0.1) is 6.54 Å². The molecular weight excluding hydrogens is 396 g/mol. The number of para-hydroxylation sites is 1. The Balaban J connectivity index is 1.24. The number of fused-ring (bicyclic) bond motifs is 1. The summed E-state index contributed by atoms with van der Waals surface area (Å²) in [4.78, 5) is 15.0. The maximum atomic E-state index is 12.5. The topological polar surface area (TPSA) is 41.6 Å². The third-order valence-electron chi connectivity index (χ3n) is 6.02. The fourth-order valence-electron chi connectivity index (χ4n) is 4.23. The lowest BCUT2D eigenvalue weighted by atomic mass is 9.99. The molecule has 0 radical (unpaired) electrons. The fraction of sp³-hybridized carbons (Fsp3) is 0.321. The molecule has 0 unspecified atom stereocenters. The molecule has 0 aromatic heterocycles. The van der Waals surface area contributed by atoms with E-state index in [0.717, 1.165) is 31.8 Å². The zero-order valence-corrected chi connectivity index (χ0v) is 19.0. The van der Waals surface area contributed by atoms with Crippen molar-refractivity contribution in [1.82, 2.24) is 10.2 Å². The molecule has 32 heavy (non-hydrogen) atoms. The summed E-state index contributed by atoms with van der Waals surface area (Å²) in [5.41, 5.74) is 5.99. The Labute approximate surface area is 191 Å². The van der Waals surface area contributed by atoms with E-state index in [4.69, 9.17) is 4.74 Å². The Kier molecular flexibility index (Phi) is 7.23. The Morgan fingerprint density at radius 1 is 0.969 bits per heavy atom. The van der Waals surface area contributed by atoms with Crippen molar-refractivity contribution in [1.29, 1.82) is 0 Å². The zero-order chi connectivity index (χ0) is 22.3. The second-order valence-electron chi connectivity index (χ2n) is 8.72. The number of hydrogen-bond acceptors (Lipinski definition) is 3. The van der Waals surface area contributed by atoms with Gasteiger partial charge in [-0.3, -0.25) is 9.69 Å². The van der Waals surface area contributed by atoms with Gasteiger partial charge < -0.3 is 10.1 Å². The summed E-state index contributed by atoms with van der Waals surface area (Å²) in [6.45, 7) is 8.18. The lowest BCUT2D eigenvalue weighted by molar-refractivity contribution is 0.0947. The van der Waals surface area contributed by atoms with Gasteiger partial charge in [-0.05, 0) is 52.8 Å². The maximum absolute atomic E-state index is 12.5. The second kappa shape index (κ2) is 10.5. The molecule has 0 fully saturated rings. The van der Waals surface area contributed by atoms with Crippen LogP contribution in [0.25, 0.3) is 0 Å². The number of rotatable bonds is 8. The number of carbonyl (C=O) groups excluding carboxylic acids is 1. The smallest absolute Gasteiger partial charge is 0.251 e. The van der Waals surface area contributed by atoms with Crippen LogP contribution in [0.5, 0.6) is 5.75 Å². The fourth-order valence-corrected chi connectivity index (χ4v) is 4.23. The summed E-state index contributed by atoms with van der Waals surface area (Å²) < 4.78 is 5.89. The molecule has 0 saturated carbocycles. The highest BCUT2D eigenvalue weighted by atomic mass is 16.5. The van der Waals surface area contributed by atoms with Gasteiger partial charge in [-0.25, -0.2) is 0 Å². The van der Waals surface area contributed by atoms with Gasteiger partial charge in [-0.1, -0.05) is 68.4 Å². The molecule has 1 heterocycles. The Bertz CT molecular complexity index is 1040. The van der Waals surface area contributed by atoms with Gasteiger partial charge in [0, 0.05) is 25.2 Å². The summed E-state index contributed by atoms with van der Waals surface area (Å²) in [7, 11) is 0. The van der Waals surface area contributed by atoms with Gasteiger partial charge in [0.25, 0.3) is 5.91 Å². The summed E-state index contributed by atoms with van der Waals surface area (Å²) >= 11 is 0. The van der Waals surface area contributed by atoms with Crippen molar-refractivity contribution in [2.75, 3.05) is 19.7 Å². The van der Waals surface area contributed by atoms with E-state index >= 15 is 0 Å². The molecule has 1 N–H and O–H groups in total. The predicted octanol–water partition coefficient (Wildman–Crippen LogP) is 5.18. The predicted molar refractivity (Wildman–Crippen MR) is 129 cm³/mol. The van der Waals surface area contributed by atoms with Gasteiger partial charge in [0.15, 0.2) is 0 Å². The molecule has 3 aromatic carbocycles. The van der Waals surface area contributed by atoms with E-state index in [-0.39, 0.29) is 5.91 Å². The second-order valence-corrected chi connectivity index (χ2v) is 8.72. The van der Waals surface area contributed by atoms with E-state index < -0.39 is 0 Å². The number of nitrogens with one attached hydrogen (secondary N) is 1. The van der Waals surface area contributed by atoms with E-state index in [1.54, 1.807) is 0 Å². The van der Waals surface area contributed by atoms with E-state index in [2.05, 4.69) is 66.5 Å². The van der Waals surface area contributed by atoms with Gasteiger partial charge in [0.1, 0.15) is 12.4 Å². The molecule has 4 heteroatoms. The number of nitrogens with zero attached hydrogens (tertiary/aromatic N) is 1. The third kappa shape index (κ3) is 5.57. The lowest BCUT2D eigenvalue weighted by Crippen LogP contribution is -2.30. The Morgan fingerprint density at radius 2 is 1.69 bits per heavy atom. The minimum Gasteiger partial charge on any atom is -0.491 e. The van der Waals surface area contributed by atoms with E-state index in [9.17, 15) is 4.79 Å². The van der Waals surface area contributed by atoms with Crippen LogP contribution in [0.3, 0.4) is 0 Å². The van der Waals surface area contributed by atoms with Crippen LogP contribution < -0.4 is 10.1 Å². The monoisotopic (exact) mass is 428 g/mol. The van der Waals surface area contributed by atoms with Crippen LogP contribution >= 0.6 is 0 Å². The molecule has 4 rings (SSSR count). The van der Waals surface area contributed by atoms with Crippen LogP contribution in [0.1, 0.15) is 52.4 Å². The molecule has 0 aliphatic carbocycles. The number of benzene rings is 3. The minimum absolute atomic E-state index is 0.0656. The Hall–Kier alpha value is -3.11. The van der Waals surface area contributed by atoms with Gasteiger partial charge in [0.2, 0.25) is 0 Å². The van der Waals surface area contributed by atoms with Crippen LogP contribution in [0, 0.1) is 0 Å². The van der Waals surface area contributed by atoms with Crippen LogP contribution in [0.15, 0.2) is 72.8 Å². The third-order valence-corrected chi connectivity index (χ3v) is 6.02. The van der Waals surface area contributed by atoms with Crippen LogP contribution in [0.2, 0.25) is 0 Å². The van der Waals surface area contributed by atoms with Crippen LogP contribution in [-0.2, 0) is 19.5 Å². The molecule has 0 saturated heterocycles. The maximum Gasteiger partial charge on any atom is 0.251 e. The summed E-state index contributed by atoms with van der Waals surface area (Å²) in [6, 6.07) is 24.7. The van der Waals surface area contributed by atoms with Gasteiger partial charge in [-0.15, -0.1) is 0 Å². The SMILES string of the molecule is CC(C)c1ccccc1OCCNC(=O)c1ccc(CN2CCc3ccccc3C2)cc1. The van der Waals surface area contributed by atoms with Crippen LogP contribution in [0.4, 0.5) is 0 Å². The number of hydrogen-bond donors (Lipinski definition) is 1. The van der Waals surface area contributed by atoms with Gasteiger partial charge in [-0.2, -0.15) is 0 Å². The minimum atomic E-state index is -0.0656. The van der Waals surface area contributed by atoms with Crippen molar-refractivity contribution in [2.24, 2.45) is 0 Å². The quantitative estimate of drug-likeness (QED) is 0.503. The van der Waals surface area contributed by atoms with Crippen molar-refractivity contribution < 1.29 is 9.53 Å². The molecule has 0 spiro atoms. The van der Waals surface area contributed by atoms with Crippen molar-refractivity contribution in [3.63, 3.8) is 0 Å². The molecule has 1 amide bonds. The largest absolute Gasteiger partial charge is 0.491 e. The molecular formula is C28H32N2O2. The molecule has 1 aliphatic heterocycles. The average Bonchev–Trinajstić information content (AvgIpc) is 2.82. The first-order valence-electron chi connectivity index (χ1n) is 11.5. The highest BCUT2D eigenvalue weighted by Gasteiger charge is 2.16. The normalized spacial score (nSPS) is 13.6. The first kappa shape index (κ1) is 22.1. The zero-order valence-electron chi connectivity index (χ0n) is 19.0. The standard InChI is InChI=1S/C28H32N2O2/c1-21(2)26-9-5-6-10-27(26)32-18-16-29-28(31)24-13-11-22(12-14-24)19-30-17-15-23-7-3-4-8-25(23)20-30/h3-14,21H,15-20H2,1-2H3,(H,29,31). The van der Waals surface area contributed by atoms with Crippen molar-refractivity contribution in [3.05, 3.63) is 101 Å². The molecule has 4 nitrogen and oxygen atoms in total.